The van der Waals surface area contributed by atoms with Crippen LogP contribution in [0, 0.1) is 11.7 Å². The topological polar surface area (TPSA) is 111 Å². The summed E-state index contributed by atoms with van der Waals surface area (Å²) in [5.41, 5.74) is 9.22. The summed E-state index contributed by atoms with van der Waals surface area (Å²) in [5, 5.41) is 2.76. The first-order valence-corrected chi connectivity index (χ1v) is 10.7. The zero-order chi connectivity index (χ0) is 23.1. The molecule has 3 N–H and O–H groups in total. The molecule has 8 nitrogen and oxygen atoms in total. The number of carbonyl (C=O) groups is 3. The molecule has 2 aromatic carbocycles. The zero-order valence-corrected chi connectivity index (χ0v) is 17.7. The Morgan fingerprint density at radius 2 is 1.94 bits per heavy atom. The van der Waals surface area contributed by atoms with Crippen molar-refractivity contribution in [2.75, 3.05) is 18.4 Å². The van der Waals surface area contributed by atoms with Gasteiger partial charge in [0, 0.05) is 28.9 Å². The van der Waals surface area contributed by atoms with E-state index in [0.717, 1.165) is 16.7 Å². The van der Waals surface area contributed by atoms with Crippen molar-refractivity contribution in [3.63, 3.8) is 0 Å². The fourth-order valence-corrected chi connectivity index (χ4v) is 4.65. The molecule has 170 valence electrons. The van der Waals surface area contributed by atoms with Crippen molar-refractivity contribution < 1.29 is 28.2 Å². The van der Waals surface area contributed by atoms with Crippen LogP contribution in [0.25, 0.3) is 11.3 Å². The number of primary amides is 1. The van der Waals surface area contributed by atoms with E-state index in [4.69, 9.17) is 10.5 Å². The molecular weight excluding hydrogens is 429 g/mol. The van der Waals surface area contributed by atoms with Gasteiger partial charge in [0.2, 0.25) is 0 Å². The lowest BCUT2D eigenvalue weighted by Gasteiger charge is -2.30. The van der Waals surface area contributed by atoms with E-state index < -0.39 is 17.9 Å². The molecule has 0 atom stereocenters. The van der Waals surface area contributed by atoms with Crippen molar-refractivity contribution in [2.45, 2.75) is 26.0 Å². The molecular formula is C24H22FN3O5. The van der Waals surface area contributed by atoms with Crippen LogP contribution in [0.4, 0.5) is 14.9 Å². The molecule has 5 rings (SSSR count). The summed E-state index contributed by atoms with van der Waals surface area (Å²) in [6, 6.07) is 10.2. The first-order chi connectivity index (χ1) is 15.9. The highest BCUT2D eigenvalue weighted by atomic mass is 19.1. The molecule has 3 heterocycles. The first-order valence-electron chi connectivity index (χ1n) is 10.7. The molecule has 9 heteroatoms. The van der Waals surface area contributed by atoms with Gasteiger partial charge in [-0.2, -0.15) is 0 Å². The van der Waals surface area contributed by atoms with E-state index >= 15 is 0 Å². The van der Waals surface area contributed by atoms with E-state index in [-0.39, 0.29) is 11.8 Å². The fraction of sp³-hybridized carbons (Fsp3) is 0.292. The van der Waals surface area contributed by atoms with Crippen LogP contribution in [-0.4, -0.2) is 36.0 Å². The second-order valence-electron chi connectivity index (χ2n) is 8.42. The minimum atomic E-state index is -1.07. The van der Waals surface area contributed by atoms with Gasteiger partial charge in [0.05, 0.1) is 11.5 Å². The number of halogens is 1. The molecule has 0 unspecified atom stereocenters. The third-order valence-electron chi connectivity index (χ3n) is 6.27. The third-order valence-corrected chi connectivity index (χ3v) is 6.27. The van der Waals surface area contributed by atoms with Crippen molar-refractivity contribution in [3.05, 3.63) is 64.5 Å². The van der Waals surface area contributed by atoms with Crippen LogP contribution in [0.3, 0.4) is 0 Å². The van der Waals surface area contributed by atoms with Gasteiger partial charge >= 0.3 is 12.1 Å². The summed E-state index contributed by atoms with van der Waals surface area (Å²) in [5.74, 6) is -1.13. The molecule has 0 radical (unpaired) electrons. The van der Waals surface area contributed by atoms with Crippen molar-refractivity contribution >= 4 is 35.0 Å². The highest BCUT2D eigenvalue weighted by Gasteiger charge is 2.33. The predicted molar refractivity (Wildman–Crippen MR) is 117 cm³/mol. The van der Waals surface area contributed by atoms with Crippen LogP contribution >= 0.6 is 0 Å². The van der Waals surface area contributed by atoms with Crippen LogP contribution in [0.5, 0.6) is 0 Å². The minimum Gasteiger partial charge on any atom is -0.487 e. The number of carbonyl (C=O) groups excluding carboxylic acids is 3. The number of nitrogens with zero attached hydrogens (tertiary/aromatic N) is 1. The summed E-state index contributed by atoms with van der Waals surface area (Å²) < 4.78 is 24.2. The number of likely N-dealkylation sites (tertiary alicyclic amines) is 1. The van der Waals surface area contributed by atoms with Gasteiger partial charge in [-0.1, -0.05) is 18.2 Å². The Bertz CT molecular complexity index is 1200. The van der Waals surface area contributed by atoms with Gasteiger partial charge in [0.15, 0.2) is 0 Å². The summed E-state index contributed by atoms with van der Waals surface area (Å²) in [4.78, 5) is 37.4. The van der Waals surface area contributed by atoms with E-state index in [0.29, 0.717) is 61.7 Å². The SMILES string of the molecule is NC(=O)OC(=O)C1CCN(Cc2ccc3c(c2)COC3=C2C(=O)Nc3ccc(F)cc32)CC1. The van der Waals surface area contributed by atoms with Crippen molar-refractivity contribution in [2.24, 2.45) is 11.7 Å². The number of nitrogens with one attached hydrogen (secondary N) is 1. The van der Waals surface area contributed by atoms with E-state index in [1.807, 2.05) is 12.1 Å². The number of nitrogens with two attached hydrogens (primary N) is 1. The Morgan fingerprint density at radius 1 is 1.15 bits per heavy atom. The number of hydrogen-bond donors (Lipinski definition) is 2. The maximum atomic E-state index is 13.8. The van der Waals surface area contributed by atoms with Gasteiger partial charge in [-0.15, -0.1) is 0 Å². The van der Waals surface area contributed by atoms with Gasteiger partial charge in [0.25, 0.3) is 5.91 Å². The molecule has 0 bridgehead atoms. The number of anilines is 1. The molecule has 3 aliphatic rings. The van der Waals surface area contributed by atoms with Crippen LogP contribution in [0.1, 0.15) is 35.1 Å². The summed E-state index contributed by atoms with van der Waals surface area (Å²) in [6.07, 6.45) is 0.129. The van der Waals surface area contributed by atoms with Crippen LogP contribution < -0.4 is 11.1 Å². The van der Waals surface area contributed by atoms with Gasteiger partial charge in [-0.3, -0.25) is 14.5 Å². The lowest BCUT2D eigenvalue weighted by Crippen LogP contribution is -2.37. The number of esters is 1. The van der Waals surface area contributed by atoms with Crippen molar-refractivity contribution in [1.29, 1.82) is 0 Å². The average molecular weight is 451 g/mol. The quantitative estimate of drug-likeness (QED) is 0.422. The second kappa shape index (κ2) is 8.32. The largest absolute Gasteiger partial charge is 0.487 e. The van der Waals surface area contributed by atoms with E-state index in [1.165, 1.54) is 12.1 Å². The molecule has 2 aromatic rings. The number of piperidine rings is 1. The molecule has 0 aliphatic carbocycles. The van der Waals surface area contributed by atoms with Crippen LogP contribution in [0.15, 0.2) is 36.4 Å². The average Bonchev–Trinajstić information content (AvgIpc) is 3.32. The maximum Gasteiger partial charge on any atom is 0.412 e. The number of amides is 2. The molecule has 2 amide bonds. The Labute approximate surface area is 189 Å². The first kappa shape index (κ1) is 21.1. The van der Waals surface area contributed by atoms with Gasteiger partial charge in [0.1, 0.15) is 18.2 Å². The Morgan fingerprint density at radius 3 is 2.70 bits per heavy atom. The lowest BCUT2D eigenvalue weighted by molar-refractivity contribution is -0.143. The summed E-state index contributed by atoms with van der Waals surface area (Å²) >= 11 is 0. The summed E-state index contributed by atoms with van der Waals surface area (Å²) in [6.45, 7) is 2.43. The zero-order valence-electron chi connectivity index (χ0n) is 17.7. The second-order valence-corrected chi connectivity index (χ2v) is 8.42. The minimum absolute atomic E-state index is 0.305. The van der Waals surface area contributed by atoms with Crippen LogP contribution in [-0.2, 0) is 32.2 Å². The van der Waals surface area contributed by atoms with Crippen LogP contribution in [0.2, 0.25) is 0 Å². The van der Waals surface area contributed by atoms with Crippen molar-refractivity contribution in [3.8, 4) is 0 Å². The molecule has 0 aromatic heterocycles. The van der Waals surface area contributed by atoms with Crippen molar-refractivity contribution in [1.82, 2.24) is 4.90 Å². The van der Waals surface area contributed by atoms with Gasteiger partial charge < -0.3 is 20.5 Å². The molecule has 1 fully saturated rings. The summed E-state index contributed by atoms with van der Waals surface area (Å²) in [7, 11) is 0. The highest BCUT2D eigenvalue weighted by molar-refractivity contribution is 6.36. The Balaban J connectivity index is 1.30. The van der Waals surface area contributed by atoms with Gasteiger partial charge in [-0.25, -0.2) is 9.18 Å². The van der Waals surface area contributed by atoms with Gasteiger partial charge in [-0.05, 0) is 49.7 Å². The van der Waals surface area contributed by atoms with E-state index in [9.17, 15) is 18.8 Å². The normalized spacial score (nSPS) is 20.1. The smallest absolute Gasteiger partial charge is 0.412 e. The predicted octanol–water partition coefficient (Wildman–Crippen LogP) is 3.01. The third kappa shape index (κ3) is 4.07. The number of rotatable bonds is 3. The van der Waals surface area contributed by atoms with E-state index in [2.05, 4.69) is 21.0 Å². The van der Waals surface area contributed by atoms with E-state index in [1.54, 1.807) is 6.07 Å². The Hall–Kier alpha value is -3.72. The standard InChI is InChI=1S/C24H22FN3O5/c25-16-2-4-19-18(10-16)20(22(29)27-19)21-17-3-1-13(9-15(17)12-32-21)11-28-7-5-14(6-8-28)23(30)33-24(26)31/h1-4,9-10,14H,5-8,11-12H2,(H2,26,31)(H,27,29). The maximum absolute atomic E-state index is 13.8. The number of benzene rings is 2. The number of hydrogen-bond acceptors (Lipinski definition) is 6. The lowest BCUT2D eigenvalue weighted by atomic mass is 9.96. The number of fused-ring (bicyclic) bond motifs is 2. The monoisotopic (exact) mass is 451 g/mol. The molecule has 3 aliphatic heterocycles. The molecule has 33 heavy (non-hydrogen) atoms. The molecule has 0 spiro atoms. The molecule has 0 saturated carbocycles. The Kier molecular flexibility index (Phi) is 5.33. The highest BCUT2D eigenvalue weighted by Crippen LogP contribution is 2.42. The fourth-order valence-electron chi connectivity index (χ4n) is 4.65. The number of ether oxygens (including phenoxy) is 2. The molecule has 1 saturated heterocycles.